The van der Waals surface area contributed by atoms with Gasteiger partial charge in [-0.2, -0.15) is 0 Å². The first-order chi connectivity index (χ1) is 10.7. The third-order valence-corrected chi connectivity index (χ3v) is 4.00. The lowest BCUT2D eigenvalue weighted by Gasteiger charge is -2.20. The fourth-order valence-corrected chi connectivity index (χ4v) is 2.60. The molecule has 0 amide bonds. The average Bonchev–Trinajstić information content (AvgIpc) is 2.84. The molecule has 4 atom stereocenters. The van der Waals surface area contributed by atoms with Crippen LogP contribution in [0.1, 0.15) is 51.9 Å². The first-order valence-electron chi connectivity index (χ1n) is 8.51. The Morgan fingerprint density at radius 2 is 1.82 bits per heavy atom. The number of rotatable bonds is 12. The van der Waals surface area contributed by atoms with E-state index in [1.165, 1.54) is 32.1 Å². The molecule has 0 unspecified atom stereocenters. The van der Waals surface area contributed by atoms with Crippen molar-refractivity contribution >= 4 is 0 Å². The molecule has 0 radical (unpaired) electrons. The highest BCUT2D eigenvalue weighted by Crippen LogP contribution is 2.17. The van der Waals surface area contributed by atoms with Crippen LogP contribution in [-0.4, -0.2) is 59.6 Å². The topological polar surface area (TPSA) is 79.2 Å². The number of allylic oxidation sites excluding steroid dienone is 2. The van der Waals surface area contributed by atoms with E-state index >= 15 is 0 Å². The van der Waals surface area contributed by atoms with E-state index in [0.29, 0.717) is 6.61 Å². The van der Waals surface area contributed by atoms with Crippen molar-refractivity contribution in [1.29, 1.82) is 0 Å². The zero-order valence-electron chi connectivity index (χ0n) is 13.7. The summed E-state index contributed by atoms with van der Waals surface area (Å²) < 4.78 is 10.6. The Labute approximate surface area is 133 Å². The molecule has 0 bridgehead atoms. The van der Waals surface area contributed by atoms with E-state index in [2.05, 4.69) is 19.1 Å². The molecule has 22 heavy (non-hydrogen) atoms. The summed E-state index contributed by atoms with van der Waals surface area (Å²) in [5.41, 5.74) is 0. The number of ether oxygens (including phenoxy) is 2. The minimum atomic E-state index is -1.03. The summed E-state index contributed by atoms with van der Waals surface area (Å²) in [4.78, 5) is 0. The molecule has 0 aromatic carbocycles. The van der Waals surface area contributed by atoms with E-state index in [4.69, 9.17) is 9.47 Å². The highest BCUT2D eigenvalue weighted by Gasteiger charge is 2.39. The highest BCUT2D eigenvalue weighted by atomic mass is 16.5. The van der Waals surface area contributed by atoms with Crippen molar-refractivity contribution in [3.8, 4) is 0 Å². The fourth-order valence-electron chi connectivity index (χ4n) is 2.60. The van der Waals surface area contributed by atoms with E-state index in [1.807, 2.05) is 0 Å². The van der Waals surface area contributed by atoms with Gasteiger partial charge in [0.05, 0.1) is 13.2 Å². The molecule has 130 valence electrons. The molecule has 0 saturated carbocycles. The Morgan fingerprint density at radius 3 is 2.45 bits per heavy atom. The van der Waals surface area contributed by atoms with Gasteiger partial charge in [0.15, 0.2) is 0 Å². The molecule has 5 heteroatoms. The molecule has 1 saturated heterocycles. The summed E-state index contributed by atoms with van der Waals surface area (Å²) >= 11 is 0. The van der Waals surface area contributed by atoms with Gasteiger partial charge in [0.25, 0.3) is 0 Å². The zero-order chi connectivity index (χ0) is 16.2. The van der Waals surface area contributed by atoms with Gasteiger partial charge in [-0.15, -0.1) is 0 Å². The summed E-state index contributed by atoms with van der Waals surface area (Å²) in [5, 5.41) is 28.8. The second-order valence-electron chi connectivity index (χ2n) is 5.98. The largest absolute Gasteiger partial charge is 0.388 e. The molecular weight excluding hydrogens is 284 g/mol. The molecule has 5 nitrogen and oxygen atoms in total. The molecule has 0 aromatic rings. The maximum absolute atomic E-state index is 9.85. The van der Waals surface area contributed by atoms with Crippen molar-refractivity contribution in [1.82, 2.24) is 0 Å². The lowest BCUT2D eigenvalue weighted by molar-refractivity contribution is -0.0813. The van der Waals surface area contributed by atoms with E-state index in [0.717, 1.165) is 12.8 Å². The number of aliphatic hydroxyl groups is 3. The van der Waals surface area contributed by atoms with Gasteiger partial charge in [-0.3, -0.25) is 0 Å². The molecule has 0 spiro atoms. The summed E-state index contributed by atoms with van der Waals surface area (Å²) in [6.07, 6.45) is 9.08. The van der Waals surface area contributed by atoms with Crippen LogP contribution < -0.4 is 0 Å². The van der Waals surface area contributed by atoms with E-state index in [1.54, 1.807) is 0 Å². The zero-order valence-corrected chi connectivity index (χ0v) is 13.7. The first kappa shape index (κ1) is 19.6. The minimum Gasteiger partial charge on any atom is -0.388 e. The Morgan fingerprint density at radius 1 is 1.14 bits per heavy atom. The Balaban J connectivity index is 1.89. The third kappa shape index (κ3) is 7.70. The van der Waals surface area contributed by atoms with Crippen LogP contribution in [0.25, 0.3) is 0 Å². The summed E-state index contributed by atoms with van der Waals surface area (Å²) in [6.45, 7) is 2.87. The van der Waals surface area contributed by atoms with Crippen molar-refractivity contribution in [2.45, 2.75) is 76.3 Å². The van der Waals surface area contributed by atoms with Gasteiger partial charge >= 0.3 is 0 Å². The Bertz CT molecular complexity index is 295. The van der Waals surface area contributed by atoms with E-state index < -0.39 is 24.4 Å². The Hall–Kier alpha value is -0.460. The van der Waals surface area contributed by atoms with Crippen LogP contribution in [0, 0.1) is 0 Å². The molecule has 1 fully saturated rings. The van der Waals surface area contributed by atoms with Crippen LogP contribution in [0.15, 0.2) is 12.2 Å². The number of hydrogen-bond acceptors (Lipinski definition) is 5. The molecule has 3 N–H and O–H groups in total. The monoisotopic (exact) mass is 316 g/mol. The number of unbranched alkanes of at least 4 members (excludes halogenated alkanes) is 6. The molecular formula is C17H32O5. The van der Waals surface area contributed by atoms with Crippen LogP contribution in [0.2, 0.25) is 0 Å². The predicted octanol–water partition coefficient (Wildman–Crippen LogP) is 1.79. The van der Waals surface area contributed by atoms with Crippen LogP contribution in [0.4, 0.5) is 0 Å². The van der Waals surface area contributed by atoms with Gasteiger partial charge in [0.1, 0.15) is 24.4 Å². The maximum atomic E-state index is 9.85. The molecule has 0 aromatic heterocycles. The van der Waals surface area contributed by atoms with Crippen molar-refractivity contribution < 1.29 is 24.8 Å². The number of hydrogen-bond donors (Lipinski definition) is 3. The second kappa shape index (κ2) is 12.0. The maximum Gasteiger partial charge on any atom is 0.114 e. The van der Waals surface area contributed by atoms with Gasteiger partial charge in [-0.05, 0) is 26.2 Å². The third-order valence-electron chi connectivity index (χ3n) is 4.00. The summed E-state index contributed by atoms with van der Waals surface area (Å²) in [6, 6.07) is 0. The molecule has 1 heterocycles. The smallest absolute Gasteiger partial charge is 0.114 e. The summed E-state index contributed by atoms with van der Waals surface area (Å²) in [7, 11) is 0. The van der Waals surface area contributed by atoms with E-state index in [-0.39, 0.29) is 13.2 Å². The van der Waals surface area contributed by atoms with Gasteiger partial charge < -0.3 is 24.8 Å². The Kier molecular flexibility index (Phi) is 10.7. The average molecular weight is 316 g/mol. The standard InChI is InChI=1S/C17H32O5/c1-2-3-4-5-6-7-8-9-10-11-21-12-15(19)17-16(20)14(18)13-22-17/h2-3,14-20H,4-13H2,1H3/b3-2+/t14-,15+,16-,17-/m1/s1. The quantitative estimate of drug-likeness (QED) is 0.378. The molecule has 1 rings (SSSR count). The lowest BCUT2D eigenvalue weighted by atomic mass is 10.1. The van der Waals surface area contributed by atoms with Gasteiger partial charge in [-0.25, -0.2) is 0 Å². The van der Waals surface area contributed by atoms with Crippen LogP contribution in [0.5, 0.6) is 0 Å². The van der Waals surface area contributed by atoms with Gasteiger partial charge in [-0.1, -0.05) is 37.8 Å². The van der Waals surface area contributed by atoms with E-state index in [9.17, 15) is 15.3 Å². The predicted molar refractivity (Wildman–Crippen MR) is 85.7 cm³/mol. The van der Waals surface area contributed by atoms with Crippen molar-refractivity contribution in [2.75, 3.05) is 19.8 Å². The lowest BCUT2D eigenvalue weighted by Crippen LogP contribution is -2.40. The second-order valence-corrected chi connectivity index (χ2v) is 5.98. The normalized spacial score (nSPS) is 26.8. The van der Waals surface area contributed by atoms with Crippen molar-refractivity contribution in [3.63, 3.8) is 0 Å². The number of aliphatic hydroxyl groups excluding tert-OH is 3. The van der Waals surface area contributed by atoms with Crippen LogP contribution in [-0.2, 0) is 9.47 Å². The molecule has 0 aliphatic carbocycles. The van der Waals surface area contributed by atoms with Crippen LogP contribution in [0.3, 0.4) is 0 Å². The highest BCUT2D eigenvalue weighted by molar-refractivity contribution is 4.87. The SMILES string of the molecule is C/C=C/CCCCCCCCOC[C@H](O)[C@H]1OC[C@@H](O)[C@H]1O. The first-order valence-corrected chi connectivity index (χ1v) is 8.51. The van der Waals surface area contributed by atoms with Crippen molar-refractivity contribution in [2.24, 2.45) is 0 Å². The molecule has 1 aliphatic heterocycles. The minimum absolute atomic E-state index is 0.0664. The van der Waals surface area contributed by atoms with Crippen LogP contribution >= 0.6 is 0 Å². The van der Waals surface area contributed by atoms with Crippen molar-refractivity contribution in [3.05, 3.63) is 12.2 Å². The molecule has 1 aliphatic rings. The fraction of sp³-hybridized carbons (Fsp3) is 0.882. The summed E-state index contributed by atoms with van der Waals surface area (Å²) in [5.74, 6) is 0. The van der Waals surface area contributed by atoms with Gasteiger partial charge in [0, 0.05) is 6.61 Å². The van der Waals surface area contributed by atoms with Gasteiger partial charge in [0.2, 0.25) is 0 Å².